The molecule has 28 heavy (non-hydrogen) atoms. The lowest BCUT2D eigenvalue weighted by molar-refractivity contribution is -0.127. The van der Waals surface area contributed by atoms with Gasteiger partial charge in [-0.25, -0.2) is 8.42 Å². The predicted octanol–water partition coefficient (Wildman–Crippen LogP) is 2.07. The van der Waals surface area contributed by atoms with Crippen LogP contribution in [0.2, 0.25) is 0 Å². The first-order valence-electron chi connectivity index (χ1n) is 8.93. The van der Waals surface area contributed by atoms with Crippen LogP contribution in [0.4, 0.5) is 0 Å². The summed E-state index contributed by atoms with van der Waals surface area (Å²) in [5.41, 5.74) is 0.984. The Bertz CT molecular complexity index is 978. The van der Waals surface area contributed by atoms with Crippen LogP contribution in [0.25, 0.3) is 6.08 Å². The maximum atomic E-state index is 12.9. The van der Waals surface area contributed by atoms with Crippen LogP contribution in [0.3, 0.4) is 0 Å². The quantitative estimate of drug-likeness (QED) is 0.708. The number of hydrogen-bond acceptors (Lipinski definition) is 6. The minimum atomic E-state index is -3.65. The Labute approximate surface area is 167 Å². The van der Waals surface area contributed by atoms with E-state index in [0.29, 0.717) is 37.8 Å². The van der Waals surface area contributed by atoms with Gasteiger partial charge in [-0.15, -0.1) is 0 Å². The zero-order valence-corrected chi connectivity index (χ0v) is 16.7. The first kappa shape index (κ1) is 19.0. The van der Waals surface area contributed by atoms with Gasteiger partial charge in [0.2, 0.25) is 15.9 Å². The first-order chi connectivity index (χ1) is 13.5. The molecule has 0 bridgehead atoms. The third kappa shape index (κ3) is 3.91. The third-order valence-electron chi connectivity index (χ3n) is 4.66. The highest BCUT2D eigenvalue weighted by Gasteiger charge is 2.30. The summed E-state index contributed by atoms with van der Waals surface area (Å²) in [5, 5.41) is 3.91. The standard InChI is InChI=1S/C19H20N2O5S2/c22-19(4-1-15-5-12-27-14-15)20-6-8-21(9-7-20)28(23,24)16-2-3-17-18(13-16)26-11-10-25-17/h1-5,12-14H,6-11H2/b4-1+. The van der Waals surface area contributed by atoms with Gasteiger partial charge in [-0.3, -0.25) is 4.79 Å². The van der Waals surface area contributed by atoms with Crippen LogP contribution in [0.15, 0.2) is 46.0 Å². The summed E-state index contributed by atoms with van der Waals surface area (Å²) in [5.74, 6) is 0.889. The van der Waals surface area contributed by atoms with Crippen molar-refractivity contribution in [2.24, 2.45) is 0 Å². The molecule has 0 atom stereocenters. The largest absolute Gasteiger partial charge is 0.486 e. The molecule has 2 aliphatic heterocycles. The van der Waals surface area contributed by atoms with E-state index < -0.39 is 10.0 Å². The summed E-state index contributed by atoms with van der Waals surface area (Å²) in [6.45, 7) is 2.09. The highest BCUT2D eigenvalue weighted by atomic mass is 32.2. The molecule has 0 unspecified atom stereocenters. The van der Waals surface area contributed by atoms with Crippen LogP contribution in [0.1, 0.15) is 5.56 Å². The van der Waals surface area contributed by atoms with E-state index in [1.54, 1.807) is 28.4 Å². The monoisotopic (exact) mass is 420 g/mol. The van der Waals surface area contributed by atoms with Gasteiger partial charge in [0.15, 0.2) is 11.5 Å². The lowest BCUT2D eigenvalue weighted by Crippen LogP contribution is -2.50. The van der Waals surface area contributed by atoms with Gasteiger partial charge in [0.05, 0.1) is 4.90 Å². The topological polar surface area (TPSA) is 76.2 Å². The zero-order chi connectivity index (χ0) is 19.6. The van der Waals surface area contributed by atoms with E-state index in [4.69, 9.17) is 9.47 Å². The van der Waals surface area contributed by atoms with E-state index in [1.807, 2.05) is 16.8 Å². The molecule has 4 rings (SSSR count). The van der Waals surface area contributed by atoms with E-state index in [0.717, 1.165) is 5.56 Å². The molecule has 0 N–H and O–H groups in total. The molecule has 1 aromatic heterocycles. The zero-order valence-electron chi connectivity index (χ0n) is 15.1. The molecule has 2 aliphatic rings. The van der Waals surface area contributed by atoms with Crippen LogP contribution in [0, 0.1) is 0 Å². The minimum absolute atomic E-state index is 0.109. The molecule has 0 radical (unpaired) electrons. The minimum Gasteiger partial charge on any atom is -0.486 e. The summed E-state index contributed by atoms with van der Waals surface area (Å²) in [6.07, 6.45) is 3.31. The van der Waals surface area contributed by atoms with Crippen LogP contribution in [0.5, 0.6) is 11.5 Å². The Morgan fingerprint density at radius 2 is 1.79 bits per heavy atom. The number of ether oxygens (including phenoxy) is 2. The maximum Gasteiger partial charge on any atom is 0.246 e. The Morgan fingerprint density at radius 3 is 2.50 bits per heavy atom. The van der Waals surface area contributed by atoms with E-state index >= 15 is 0 Å². The van der Waals surface area contributed by atoms with E-state index in [-0.39, 0.29) is 23.9 Å². The fraction of sp³-hybridized carbons (Fsp3) is 0.316. The average Bonchev–Trinajstić information content (AvgIpc) is 3.25. The van der Waals surface area contributed by atoms with Crippen LogP contribution < -0.4 is 9.47 Å². The molecule has 1 amide bonds. The van der Waals surface area contributed by atoms with Gasteiger partial charge in [-0.1, -0.05) is 0 Å². The van der Waals surface area contributed by atoms with E-state index in [9.17, 15) is 13.2 Å². The van der Waals surface area contributed by atoms with Gasteiger partial charge in [-0.2, -0.15) is 15.6 Å². The molecular formula is C19H20N2O5S2. The molecule has 148 valence electrons. The Hall–Kier alpha value is -2.36. The third-order valence-corrected chi connectivity index (χ3v) is 7.26. The highest BCUT2D eigenvalue weighted by Crippen LogP contribution is 2.33. The average molecular weight is 421 g/mol. The van der Waals surface area contributed by atoms with Crippen molar-refractivity contribution in [3.8, 4) is 11.5 Å². The van der Waals surface area contributed by atoms with Crippen molar-refractivity contribution in [1.29, 1.82) is 0 Å². The molecular weight excluding hydrogens is 400 g/mol. The van der Waals surface area contributed by atoms with Crippen molar-refractivity contribution in [3.05, 3.63) is 46.7 Å². The molecule has 0 saturated carbocycles. The Balaban J connectivity index is 1.40. The lowest BCUT2D eigenvalue weighted by atomic mass is 10.3. The molecule has 0 aliphatic carbocycles. The number of thiophene rings is 1. The van der Waals surface area contributed by atoms with Crippen molar-refractivity contribution < 1.29 is 22.7 Å². The number of hydrogen-bond donors (Lipinski definition) is 0. The Kier molecular flexibility index (Phi) is 5.38. The highest BCUT2D eigenvalue weighted by molar-refractivity contribution is 7.89. The van der Waals surface area contributed by atoms with Gasteiger partial charge in [0.25, 0.3) is 0 Å². The maximum absolute atomic E-state index is 12.9. The fourth-order valence-corrected chi connectivity index (χ4v) is 5.19. The summed E-state index contributed by atoms with van der Waals surface area (Å²) in [4.78, 5) is 14.2. The molecule has 1 aromatic carbocycles. The number of rotatable bonds is 4. The lowest BCUT2D eigenvalue weighted by Gasteiger charge is -2.33. The molecule has 3 heterocycles. The summed E-state index contributed by atoms with van der Waals surface area (Å²) >= 11 is 1.57. The van der Waals surface area contributed by atoms with Crippen molar-refractivity contribution in [1.82, 2.24) is 9.21 Å². The van der Waals surface area contributed by atoms with E-state index in [1.165, 1.54) is 22.5 Å². The van der Waals surface area contributed by atoms with Gasteiger partial charge in [0, 0.05) is 38.3 Å². The molecule has 1 fully saturated rings. The summed E-state index contributed by atoms with van der Waals surface area (Å²) < 4.78 is 38.2. The number of benzene rings is 1. The van der Waals surface area contributed by atoms with Crippen molar-refractivity contribution >= 4 is 33.3 Å². The van der Waals surface area contributed by atoms with Crippen molar-refractivity contribution in [2.75, 3.05) is 39.4 Å². The number of carbonyl (C=O) groups excluding carboxylic acids is 1. The molecule has 7 nitrogen and oxygen atoms in total. The number of carbonyl (C=O) groups is 1. The number of amides is 1. The van der Waals surface area contributed by atoms with Crippen LogP contribution in [-0.2, 0) is 14.8 Å². The first-order valence-corrected chi connectivity index (χ1v) is 11.3. The number of nitrogens with zero attached hydrogens (tertiary/aromatic N) is 2. The predicted molar refractivity (Wildman–Crippen MR) is 106 cm³/mol. The number of piperazine rings is 1. The number of sulfonamides is 1. The van der Waals surface area contributed by atoms with Gasteiger partial charge >= 0.3 is 0 Å². The van der Waals surface area contributed by atoms with Crippen LogP contribution >= 0.6 is 11.3 Å². The number of fused-ring (bicyclic) bond motifs is 1. The van der Waals surface area contributed by atoms with Crippen LogP contribution in [-0.4, -0.2) is 62.9 Å². The van der Waals surface area contributed by atoms with Gasteiger partial charge in [0.1, 0.15) is 13.2 Å². The molecule has 9 heteroatoms. The van der Waals surface area contributed by atoms with Crippen molar-refractivity contribution in [3.63, 3.8) is 0 Å². The normalized spacial score (nSPS) is 17.8. The van der Waals surface area contributed by atoms with Gasteiger partial charge < -0.3 is 14.4 Å². The SMILES string of the molecule is O=C(/C=C/c1ccsc1)N1CCN(S(=O)(=O)c2ccc3c(c2)OCCO3)CC1. The summed E-state index contributed by atoms with van der Waals surface area (Å²) in [7, 11) is -3.65. The molecule has 0 spiro atoms. The summed E-state index contributed by atoms with van der Waals surface area (Å²) in [6, 6.07) is 6.59. The second kappa shape index (κ2) is 7.94. The molecule has 2 aromatic rings. The Morgan fingerprint density at radius 1 is 1.04 bits per heavy atom. The molecule has 1 saturated heterocycles. The van der Waals surface area contributed by atoms with Gasteiger partial charge in [-0.05, 0) is 40.6 Å². The second-order valence-electron chi connectivity index (χ2n) is 6.42. The van der Waals surface area contributed by atoms with Crippen molar-refractivity contribution in [2.45, 2.75) is 4.90 Å². The van der Waals surface area contributed by atoms with E-state index in [2.05, 4.69) is 0 Å². The smallest absolute Gasteiger partial charge is 0.246 e. The second-order valence-corrected chi connectivity index (χ2v) is 9.14. The fourth-order valence-electron chi connectivity index (χ4n) is 3.12.